The van der Waals surface area contributed by atoms with Crippen LogP contribution in [0.5, 0.6) is 0 Å². The Balaban J connectivity index is 1.86. The molecule has 0 saturated carbocycles. The summed E-state index contributed by atoms with van der Waals surface area (Å²) in [7, 11) is 0. The van der Waals surface area contributed by atoms with Crippen LogP contribution >= 0.6 is 11.3 Å². The van der Waals surface area contributed by atoms with Crippen molar-refractivity contribution in [2.75, 3.05) is 6.54 Å². The number of thiophene rings is 1. The van der Waals surface area contributed by atoms with Gasteiger partial charge in [0.1, 0.15) is 0 Å². The number of hydrogen-bond acceptors (Lipinski definition) is 3. The summed E-state index contributed by atoms with van der Waals surface area (Å²) in [5, 5.41) is 5.74. The van der Waals surface area contributed by atoms with Crippen LogP contribution in [0.3, 0.4) is 0 Å². The summed E-state index contributed by atoms with van der Waals surface area (Å²) in [6.45, 7) is 3.21. The van der Waals surface area contributed by atoms with E-state index in [1.54, 1.807) is 0 Å². The van der Waals surface area contributed by atoms with E-state index >= 15 is 0 Å². The minimum Gasteiger partial charge on any atom is -0.314 e. The Kier molecular flexibility index (Phi) is 5.36. The number of likely N-dealkylation sites (N-methyl/N-ethyl adjacent to an activating group) is 1. The smallest absolute Gasteiger partial charge is 0.0270 e. The van der Waals surface area contributed by atoms with Gasteiger partial charge in [0.2, 0.25) is 0 Å². The molecule has 2 rings (SSSR count). The van der Waals surface area contributed by atoms with Gasteiger partial charge in [-0.1, -0.05) is 13.0 Å². The molecular formula is C15H20N2S. The van der Waals surface area contributed by atoms with Gasteiger partial charge in [-0.05, 0) is 54.9 Å². The molecule has 0 amide bonds. The summed E-state index contributed by atoms with van der Waals surface area (Å²) in [5.74, 6) is 0. The van der Waals surface area contributed by atoms with Gasteiger partial charge in [0.15, 0.2) is 0 Å². The van der Waals surface area contributed by atoms with Crippen LogP contribution in [0.15, 0.2) is 42.0 Å². The van der Waals surface area contributed by atoms with Crippen LogP contribution in [0.2, 0.25) is 0 Å². The van der Waals surface area contributed by atoms with Gasteiger partial charge in [-0.25, -0.2) is 0 Å². The topological polar surface area (TPSA) is 24.9 Å². The molecule has 1 atom stereocenters. The van der Waals surface area contributed by atoms with E-state index < -0.39 is 0 Å². The normalized spacial score (nSPS) is 12.5. The van der Waals surface area contributed by atoms with Crippen LogP contribution in [0.4, 0.5) is 0 Å². The molecule has 0 aliphatic heterocycles. The average molecular weight is 260 g/mol. The highest BCUT2D eigenvalue weighted by atomic mass is 32.1. The van der Waals surface area contributed by atoms with E-state index in [0.29, 0.717) is 6.04 Å². The van der Waals surface area contributed by atoms with Crippen molar-refractivity contribution in [2.45, 2.75) is 32.2 Å². The largest absolute Gasteiger partial charge is 0.314 e. The summed E-state index contributed by atoms with van der Waals surface area (Å²) in [6, 6.07) is 9.14. The lowest BCUT2D eigenvalue weighted by Crippen LogP contribution is -2.31. The number of nitrogens with one attached hydrogen (secondary N) is 1. The highest BCUT2D eigenvalue weighted by molar-refractivity contribution is 7.09. The second kappa shape index (κ2) is 7.29. The first-order valence-electron chi connectivity index (χ1n) is 6.53. The summed E-state index contributed by atoms with van der Waals surface area (Å²) in [5.41, 5.74) is 1.37. The average Bonchev–Trinajstić information content (AvgIpc) is 2.90. The van der Waals surface area contributed by atoms with E-state index in [1.165, 1.54) is 16.9 Å². The van der Waals surface area contributed by atoms with Crippen molar-refractivity contribution in [3.8, 4) is 0 Å². The van der Waals surface area contributed by atoms with Crippen molar-refractivity contribution in [1.82, 2.24) is 10.3 Å². The number of nitrogens with zero attached hydrogens (tertiary/aromatic N) is 1. The second-order valence-electron chi connectivity index (χ2n) is 4.43. The zero-order valence-electron chi connectivity index (χ0n) is 10.8. The van der Waals surface area contributed by atoms with Crippen LogP contribution in [-0.4, -0.2) is 17.6 Å². The van der Waals surface area contributed by atoms with E-state index in [1.807, 2.05) is 23.7 Å². The van der Waals surface area contributed by atoms with E-state index in [-0.39, 0.29) is 0 Å². The van der Waals surface area contributed by atoms with Gasteiger partial charge in [-0.15, -0.1) is 11.3 Å². The van der Waals surface area contributed by atoms with E-state index in [0.717, 1.165) is 19.4 Å². The first kappa shape index (κ1) is 13.2. The van der Waals surface area contributed by atoms with Gasteiger partial charge < -0.3 is 5.32 Å². The van der Waals surface area contributed by atoms with Gasteiger partial charge in [0.05, 0.1) is 0 Å². The number of hydrogen-bond donors (Lipinski definition) is 1. The Morgan fingerprint density at radius 2 is 2.11 bits per heavy atom. The molecule has 2 aromatic rings. The second-order valence-corrected chi connectivity index (χ2v) is 5.46. The Morgan fingerprint density at radius 1 is 1.28 bits per heavy atom. The molecule has 96 valence electrons. The Morgan fingerprint density at radius 3 is 2.78 bits per heavy atom. The zero-order valence-corrected chi connectivity index (χ0v) is 11.6. The van der Waals surface area contributed by atoms with Crippen molar-refractivity contribution in [1.29, 1.82) is 0 Å². The highest BCUT2D eigenvalue weighted by Gasteiger charge is 2.09. The molecule has 0 bridgehead atoms. The van der Waals surface area contributed by atoms with Crippen LogP contribution in [0.25, 0.3) is 0 Å². The molecular weight excluding hydrogens is 240 g/mol. The molecule has 1 unspecified atom stereocenters. The first-order valence-corrected chi connectivity index (χ1v) is 7.41. The maximum Gasteiger partial charge on any atom is 0.0270 e. The van der Waals surface area contributed by atoms with Gasteiger partial charge in [0.25, 0.3) is 0 Å². The van der Waals surface area contributed by atoms with Gasteiger partial charge in [-0.2, -0.15) is 0 Å². The highest BCUT2D eigenvalue weighted by Crippen LogP contribution is 2.14. The number of pyridine rings is 1. The van der Waals surface area contributed by atoms with Crippen LogP contribution in [0, 0.1) is 0 Å². The summed E-state index contributed by atoms with van der Waals surface area (Å²) in [6.07, 6.45) is 7.17. The molecule has 0 radical (unpaired) electrons. The Labute approximate surface area is 113 Å². The number of aromatic nitrogens is 1. The number of aryl methyl sites for hydroxylation is 1. The predicted octanol–water partition coefficient (Wildman–Crippen LogP) is 3.30. The first-order chi connectivity index (χ1) is 8.88. The quantitative estimate of drug-likeness (QED) is 0.826. The Bertz CT molecular complexity index is 425. The Hall–Kier alpha value is -1.19. The fourth-order valence-electron chi connectivity index (χ4n) is 2.13. The molecule has 2 heterocycles. The van der Waals surface area contributed by atoms with E-state index in [2.05, 4.69) is 46.9 Å². The molecule has 0 aliphatic carbocycles. The SMILES string of the molecule is CCNC(CCc1ccncc1)Cc1cccs1. The zero-order chi connectivity index (χ0) is 12.6. The minimum atomic E-state index is 0.571. The van der Waals surface area contributed by atoms with Gasteiger partial charge in [0, 0.05) is 23.3 Å². The third-order valence-corrected chi connectivity index (χ3v) is 3.95. The maximum absolute atomic E-state index is 4.06. The van der Waals surface area contributed by atoms with Crippen LogP contribution < -0.4 is 5.32 Å². The molecule has 2 nitrogen and oxygen atoms in total. The molecule has 1 N–H and O–H groups in total. The molecule has 0 aromatic carbocycles. The van der Waals surface area contributed by atoms with Gasteiger partial charge >= 0.3 is 0 Å². The molecule has 18 heavy (non-hydrogen) atoms. The lowest BCUT2D eigenvalue weighted by atomic mass is 10.0. The van der Waals surface area contributed by atoms with Crippen molar-refractivity contribution in [3.05, 3.63) is 52.5 Å². The lowest BCUT2D eigenvalue weighted by molar-refractivity contribution is 0.493. The fraction of sp³-hybridized carbons (Fsp3) is 0.400. The summed E-state index contributed by atoms with van der Waals surface area (Å²) >= 11 is 1.85. The fourth-order valence-corrected chi connectivity index (χ4v) is 2.91. The van der Waals surface area contributed by atoms with E-state index in [4.69, 9.17) is 0 Å². The minimum absolute atomic E-state index is 0.571. The van der Waals surface area contributed by atoms with Crippen LogP contribution in [-0.2, 0) is 12.8 Å². The standard InChI is InChI=1S/C15H20N2S/c1-2-17-14(12-15-4-3-11-18-15)6-5-13-7-9-16-10-8-13/h3-4,7-11,14,17H,2,5-6,12H2,1H3. The predicted molar refractivity (Wildman–Crippen MR) is 78.0 cm³/mol. The van der Waals surface area contributed by atoms with E-state index in [9.17, 15) is 0 Å². The van der Waals surface area contributed by atoms with Crippen molar-refractivity contribution < 1.29 is 0 Å². The summed E-state index contributed by atoms with van der Waals surface area (Å²) in [4.78, 5) is 5.52. The molecule has 0 fully saturated rings. The number of rotatable bonds is 7. The van der Waals surface area contributed by atoms with Crippen molar-refractivity contribution in [2.24, 2.45) is 0 Å². The maximum atomic E-state index is 4.06. The monoisotopic (exact) mass is 260 g/mol. The van der Waals surface area contributed by atoms with Crippen LogP contribution in [0.1, 0.15) is 23.8 Å². The molecule has 3 heteroatoms. The van der Waals surface area contributed by atoms with Crippen molar-refractivity contribution >= 4 is 11.3 Å². The van der Waals surface area contributed by atoms with Gasteiger partial charge in [-0.3, -0.25) is 4.98 Å². The lowest BCUT2D eigenvalue weighted by Gasteiger charge is -2.17. The van der Waals surface area contributed by atoms with Crippen molar-refractivity contribution in [3.63, 3.8) is 0 Å². The summed E-state index contributed by atoms with van der Waals surface area (Å²) < 4.78 is 0. The molecule has 0 spiro atoms. The molecule has 0 saturated heterocycles. The molecule has 0 aliphatic rings. The third-order valence-electron chi connectivity index (χ3n) is 3.05. The third kappa shape index (κ3) is 4.24. The molecule has 2 aromatic heterocycles.